The standard InChI is InChI=1S/C21H29NOSi/c1-21(2,14-18(23)13-17-15-22-16-17)24(19-9-5-3-6-10-19)20-11-7-4-8-12-20/h3-12,17-18,22-24H,13-16H2,1-2H3. The maximum Gasteiger partial charge on any atom is 0.108 e. The van der Waals surface area contributed by atoms with Crippen molar-refractivity contribution < 1.29 is 5.11 Å². The number of aliphatic hydroxyl groups is 1. The van der Waals surface area contributed by atoms with Gasteiger partial charge in [0, 0.05) is 0 Å². The van der Waals surface area contributed by atoms with Crippen LogP contribution in [0.3, 0.4) is 0 Å². The van der Waals surface area contributed by atoms with E-state index >= 15 is 0 Å². The van der Waals surface area contributed by atoms with Gasteiger partial charge in [-0.3, -0.25) is 0 Å². The summed E-state index contributed by atoms with van der Waals surface area (Å²) in [5, 5.41) is 17.0. The molecule has 1 heterocycles. The topological polar surface area (TPSA) is 32.3 Å². The Hall–Kier alpha value is -1.42. The molecule has 1 saturated heterocycles. The molecule has 0 aromatic heterocycles. The SMILES string of the molecule is CC(C)(CC(O)CC1CNC1)[SiH](c1ccccc1)c1ccccc1. The number of hydrogen-bond donors (Lipinski definition) is 2. The fourth-order valence-electron chi connectivity index (χ4n) is 4.09. The lowest BCUT2D eigenvalue weighted by atomic mass is 9.92. The summed E-state index contributed by atoms with van der Waals surface area (Å²) >= 11 is 0. The van der Waals surface area contributed by atoms with E-state index < -0.39 is 8.80 Å². The van der Waals surface area contributed by atoms with Crippen molar-refractivity contribution in [3.63, 3.8) is 0 Å². The first-order chi connectivity index (χ1) is 11.6. The van der Waals surface area contributed by atoms with Crippen molar-refractivity contribution in [1.82, 2.24) is 5.32 Å². The third-order valence-corrected chi connectivity index (χ3v) is 9.18. The molecule has 0 bridgehead atoms. The smallest absolute Gasteiger partial charge is 0.108 e. The zero-order valence-electron chi connectivity index (χ0n) is 14.8. The predicted molar refractivity (Wildman–Crippen MR) is 105 cm³/mol. The molecule has 3 rings (SSSR count). The molecule has 0 saturated carbocycles. The molecule has 1 aliphatic rings. The van der Waals surface area contributed by atoms with Gasteiger partial charge in [0.15, 0.2) is 0 Å². The minimum absolute atomic E-state index is 0.124. The van der Waals surface area contributed by atoms with Gasteiger partial charge in [-0.15, -0.1) is 0 Å². The quantitative estimate of drug-likeness (QED) is 0.758. The summed E-state index contributed by atoms with van der Waals surface area (Å²) < 4.78 is 0. The van der Waals surface area contributed by atoms with Crippen molar-refractivity contribution in [2.75, 3.05) is 13.1 Å². The van der Waals surface area contributed by atoms with E-state index in [1.807, 2.05) is 0 Å². The first kappa shape index (κ1) is 17.4. The summed E-state index contributed by atoms with van der Waals surface area (Å²) in [6.45, 7) is 6.84. The lowest BCUT2D eigenvalue weighted by molar-refractivity contribution is 0.108. The maximum absolute atomic E-state index is 10.7. The third-order valence-electron chi connectivity index (χ3n) is 5.28. The normalized spacial score (nSPS) is 16.8. The van der Waals surface area contributed by atoms with Crippen molar-refractivity contribution in [1.29, 1.82) is 0 Å². The van der Waals surface area contributed by atoms with Crippen LogP contribution in [0, 0.1) is 5.92 Å². The fraction of sp³-hybridized carbons (Fsp3) is 0.429. The van der Waals surface area contributed by atoms with Gasteiger partial charge >= 0.3 is 0 Å². The Bertz CT molecular complexity index is 585. The molecule has 1 fully saturated rings. The summed E-state index contributed by atoms with van der Waals surface area (Å²) in [7, 11) is -1.43. The van der Waals surface area contributed by atoms with Crippen LogP contribution < -0.4 is 15.7 Å². The molecule has 2 N–H and O–H groups in total. The molecular weight excluding hydrogens is 310 g/mol. The third kappa shape index (κ3) is 4.15. The zero-order valence-corrected chi connectivity index (χ0v) is 15.9. The molecule has 0 spiro atoms. The molecule has 24 heavy (non-hydrogen) atoms. The predicted octanol–water partition coefficient (Wildman–Crippen LogP) is 2.17. The van der Waals surface area contributed by atoms with Crippen LogP contribution in [0.2, 0.25) is 5.04 Å². The highest BCUT2D eigenvalue weighted by Crippen LogP contribution is 2.35. The van der Waals surface area contributed by atoms with Crippen LogP contribution in [0.5, 0.6) is 0 Å². The maximum atomic E-state index is 10.7. The summed E-state index contributed by atoms with van der Waals surface area (Å²) in [6.07, 6.45) is 1.61. The monoisotopic (exact) mass is 339 g/mol. The largest absolute Gasteiger partial charge is 0.393 e. The molecular formula is C21H29NOSi. The zero-order chi connectivity index (χ0) is 17.0. The highest BCUT2D eigenvalue weighted by Gasteiger charge is 2.36. The molecule has 3 heteroatoms. The van der Waals surface area contributed by atoms with Gasteiger partial charge in [0.05, 0.1) is 6.10 Å². The molecule has 1 aliphatic heterocycles. The minimum atomic E-state index is -1.43. The molecule has 2 aromatic carbocycles. The van der Waals surface area contributed by atoms with Crippen molar-refractivity contribution in [2.24, 2.45) is 5.92 Å². The van der Waals surface area contributed by atoms with E-state index in [9.17, 15) is 5.11 Å². The van der Waals surface area contributed by atoms with E-state index in [0.717, 1.165) is 25.9 Å². The molecule has 1 unspecified atom stereocenters. The lowest BCUT2D eigenvalue weighted by Crippen LogP contribution is -2.51. The highest BCUT2D eigenvalue weighted by atomic mass is 28.3. The van der Waals surface area contributed by atoms with Gasteiger partial charge < -0.3 is 10.4 Å². The molecule has 0 radical (unpaired) electrons. The van der Waals surface area contributed by atoms with Crippen molar-refractivity contribution in [3.8, 4) is 0 Å². The Labute approximate surface area is 147 Å². The molecule has 0 aliphatic carbocycles. The molecule has 128 valence electrons. The Balaban J connectivity index is 1.83. The van der Waals surface area contributed by atoms with Crippen LogP contribution in [-0.4, -0.2) is 33.1 Å². The Morgan fingerprint density at radius 2 is 1.50 bits per heavy atom. The Morgan fingerprint density at radius 3 is 1.92 bits per heavy atom. The minimum Gasteiger partial charge on any atom is -0.393 e. The van der Waals surface area contributed by atoms with E-state index in [-0.39, 0.29) is 11.1 Å². The van der Waals surface area contributed by atoms with Gasteiger partial charge in [-0.05, 0) is 36.9 Å². The van der Waals surface area contributed by atoms with E-state index in [1.165, 1.54) is 10.4 Å². The fourth-order valence-corrected chi connectivity index (χ4v) is 8.01. The number of rotatable bonds is 7. The first-order valence-electron chi connectivity index (χ1n) is 9.05. The average molecular weight is 340 g/mol. The van der Waals surface area contributed by atoms with Gasteiger partial charge in [0.1, 0.15) is 8.80 Å². The highest BCUT2D eigenvalue weighted by molar-refractivity contribution is 6.87. The van der Waals surface area contributed by atoms with Crippen LogP contribution in [-0.2, 0) is 0 Å². The van der Waals surface area contributed by atoms with Crippen molar-refractivity contribution in [2.45, 2.75) is 37.8 Å². The Kier molecular flexibility index (Phi) is 5.54. The van der Waals surface area contributed by atoms with Crippen molar-refractivity contribution >= 4 is 19.2 Å². The average Bonchev–Trinajstić information content (AvgIpc) is 2.52. The van der Waals surface area contributed by atoms with Gasteiger partial charge in [-0.1, -0.05) is 84.9 Å². The van der Waals surface area contributed by atoms with Gasteiger partial charge in [-0.2, -0.15) is 0 Å². The van der Waals surface area contributed by atoms with Crippen LogP contribution in [0.25, 0.3) is 0 Å². The number of hydrogen-bond acceptors (Lipinski definition) is 2. The second kappa shape index (κ2) is 7.64. The van der Waals surface area contributed by atoms with Crippen molar-refractivity contribution in [3.05, 3.63) is 60.7 Å². The lowest BCUT2D eigenvalue weighted by Gasteiger charge is -2.37. The number of nitrogens with one attached hydrogen (secondary N) is 1. The molecule has 1 atom stereocenters. The number of aliphatic hydroxyl groups excluding tert-OH is 1. The van der Waals surface area contributed by atoms with Gasteiger partial charge in [0.2, 0.25) is 0 Å². The number of benzene rings is 2. The molecule has 2 aromatic rings. The van der Waals surface area contributed by atoms with Gasteiger partial charge in [-0.25, -0.2) is 0 Å². The van der Waals surface area contributed by atoms with E-state index in [0.29, 0.717) is 5.92 Å². The summed E-state index contributed by atoms with van der Waals surface area (Å²) in [4.78, 5) is 0. The first-order valence-corrected chi connectivity index (χ1v) is 10.8. The van der Waals surface area contributed by atoms with E-state index in [4.69, 9.17) is 0 Å². The van der Waals surface area contributed by atoms with Crippen LogP contribution >= 0.6 is 0 Å². The second-order valence-corrected chi connectivity index (χ2v) is 11.6. The second-order valence-electron chi connectivity index (χ2n) is 7.86. The summed E-state index contributed by atoms with van der Waals surface area (Å²) in [6, 6.07) is 21.8. The van der Waals surface area contributed by atoms with E-state index in [2.05, 4.69) is 79.8 Å². The van der Waals surface area contributed by atoms with Gasteiger partial charge in [0.25, 0.3) is 0 Å². The van der Waals surface area contributed by atoms with E-state index in [1.54, 1.807) is 0 Å². The molecule has 0 amide bonds. The Morgan fingerprint density at radius 1 is 1.00 bits per heavy atom. The van der Waals surface area contributed by atoms with Crippen LogP contribution in [0.15, 0.2) is 60.7 Å². The van der Waals surface area contributed by atoms with Crippen LogP contribution in [0.1, 0.15) is 26.7 Å². The summed E-state index contributed by atoms with van der Waals surface area (Å²) in [5.41, 5.74) is 0. The van der Waals surface area contributed by atoms with Crippen LogP contribution in [0.4, 0.5) is 0 Å². The molecule has 2 nitrogen and oxygen atoms in total. The summed E-state index contributed by atoms with van der Waals surface area (Å²) in [5.74, 6) is 0.657.